The van der Waals surface area contributed by atoms with Crippen molar-refractivity contribution < 1.29 is 8.42 Å². The van der Waals surface area contributed by atoms with Crippen molar-refractivity contribution in [2.45, 2.75) is 69.6 Å². The van der Waals surface area contributed by atoms with E-state index in [1.807, 2.05) is 0 Å². The standard InChI is InChI=1S/C12H26N2O2S/c1-11(2)17(15,16)14-12(9-6-10-13)7-4-3-5-8-12/h11,14H,3-10,13H2,1-2H3. The molecule has 0 aromatic carbocycles. The van der Waals surface area contributed by atoms with Gasteiger partial charge in [0.15, 0.2) is 0 Å². The van der Waals surface area contributed by atoms with E-state index >= 15 is 0 Å². The Morgan fingerprint density at radius 3 is 2.29 bits per heavy atom. The average Bonchev–Trinajstić information content (AvgIpc) is 2.27. The zero-order valence-corrected chi connectivity index (χ0v) is 11.9. The minimum atomic E-state index is -3.18. The minimum Gasteiger partial charge on any atom is -0.330 e. The van der Waals surface area contributed by atoms with Crippen LogP contribution in [0.5, 0.6) is 0 Å². The summed E-state index contributed by atoms with van der Waals surface area (Å²) in [6.45, 7) is 4.08. The van der Waals surface area contributed by atoms with E-state index in [1.54, 1.807) is 13.8 Å². The number of nitrogens with one attached hydrogen (secondary N) is 1. The van der Waals surface area contributed by atoms with Gasteiger partial charge in [-0.15, -0.1) is 0 Å². The third-order valence-electron chi connectivity index (χ3n) is 3.65. The molecular formula is C12H26N2O2S. The van der Waals surface area contributed by atoms with Crippen LogP contribution < -0.4 is 10.5 Å². The minimum absolute atomic E-state index is 0.222. The Kier molecular flexibility index (Phi) is 5.41. The van der Waals surface area contributed by atoms with Crippen LogP contribution in [-0.4, -0.2) is 25.8 Å². The first-order valence-corrected chi connectivity index (χ1v) is 8.19. The van der Waals surface area contributed by atoms with Gasteiger partial charge in [-0.2, -0.15) is 0 Å². The molecule has 0 saturated heterocycles. The number of hydrogen-bond acceptors (Lipinski definition) is 3. The summed E-state index contributed by atoms with van der Waals surface area (Å²) in [6.07, 6.45) is 7.12. The van der Waals surface area contributed by atoms with E-state index in [0.717, 1.165) is 38.5 Å². The summed E-state index contributed by atoms with van der Waals surface area (Å²) in [5, 5.41) is -0.362. The summed E-state index contributed by atoms with van der Waals surface area (Å²) < 4.78 is 27.0. The molecule has 1 aliphatic rings. The van der Waals surface area contributed by atoms with Gasteiger partial charge in [0, 0.05) is 5.54 Å². The van der Waals surface area contributed by atoms with Gasteiger partial charge in [-0.3, -0.25) is 0 Å². The number of nitrogens with two attached hydrogens (primary N) is 1. The van der Waals surface area contributed by atoms with Crippen molar-refractivity contribution in [3.8, 4) is 0 Å². The van der Waals surface area contributed by atoms with Crippen molar-refractivity contribution in [1.29, 1.82) is 0 Å². The summed E-state index contributed by atoms with van der Waals surface area (Å²) in [6, 6.07) is 0. The summed E-state index contributed by atoms with van der Waals surface area (Å²) in [5.74, 6) is 0. The SMILES string of the molecule is CC(C)S(=O)(=O)NC1(CCCN)CCCCC1. The predicted molar refractivity (Wildman–Crippen MR) is 71.3 cm³/mol. The Labute approximate surface area is 105 Å². The van der Waals surface area contributed by atoms with Crippen LogP contribution in [0.2, 0.25) is 0 Å². The number of sulfonamides is 1. The van der Waals surface area contributed by atoms with E-state index in [0.29, 0.717) is 6.54 Å². The van der Waals surface area contributed by atoms with Crippen LogP contribution in [0.3, 0.4) is 0 Å². The molecule has 1 fully saturated rings. The van der Waals surface area contributed by atoms with Crippen molar-refractivity contribution in [1.82, 2.24) is 4.72 Å². The molecule has 0 atom stereocenters. The van der Waals surface area contributed by atoms with Crippen molar-refractivity contribution in [3.63, 3.8) is 0 Å². The van der Waals surface area contributed by atoms with Gasteiger partial charge < -0.3 is 5.73 Å². The maximum absolute atomic E-state index is 12.0. The molecule has 0 radical (unpaired) electrons. The number of hydrogen-bond donors (Lipinski definition) is 2. The highest BCUT2D eigenvalue weighted by Gasteiger charge is 2.36. The quantitative estimate of drug-likeness (QED) is 0.766. The Hall–Kier alpha value is -0.130. The molecule has 0 aromatic rings. The van der Waals surface area contributed by atoms with Crippen LogP contribution in [0.1, 0.15) is 58.8 Å². The molecule has 0 spiro atoms. The molecule has 5 heteroatoms. The third-order valence-corrected chi connectivity index (χ3v) is 5.61. The molecule has 1 aliphatic carbocycles. The van der Waals surface area contributed by atoms with Crippen LogP contribution in [0.25, 0.3) is 0 Å². The second-order valence-corrected chi connectivity index (χ2v) is 7.67. The molecule has 0 heterocycles. The molecule has 0 aromatic heterocycles. The maximum Gasteiger partial charge on any atom is 0.214 e. The molecule has 4 nitrogen and oxygen atoms in total. The second kappa shape index (κ2) is 6.16. The molecule has 1 saturated carbocycles. The Bertz CT molecular complexity index is 319. The van der Waals surface area contributed by atoms with Gasteiger partial charge in [0.25, 0.3) is 0 Å². The maximum atomic E-state index is 12.0. The highest BCUT2D eigenvalue weighted by Crippen LogP contribution is 2.33. The highest BCUT2D eigenvalue weighted by molar-refractivity contribution is 7.90. The largest absolute Gasteiger partial charge is 0.330 e. The zero-order chi connectivity index (χ0) is 12.9. The molecule has 0 amide bonds. The van der Waals surface area contributed by atoms with Gasteiger partial charge >= 0.3 is 0 Å². The lowest BCUT2D eigenvalue weighted by Crippen LogP contribution is -2.51. The lowest BCUT2D eigenvalue weighted by Gasteiger charge is -2.38. The van der Waals surface area contributed by atoms with Gasteiger partial charge in [0.05, 0.1) is 5.25 Å². The van der Waals surface area contributed by atoms with E-state index in [9.17, 15) is 8.42 Å². The van der Waals surface area contributed by atoms with E-state index < -0.39 is 10.0 Å². The lowest BCUT2D eigenvalue weighted by molar-refractivity contribution is 0.247. The van der Waals surface area contributed by atoms with Crippen molar-refractivity contribution in [2.75, 3.05) is 6.54 Å². The topological polar surface area (TPSA) is 72.2 Å². The van der Waals surface area contributed by atoms with E-state index in [2.05, 4.69) is 4.72 Å². The fourth-order valence-corrected chi connectivity index (χ4v) is 3.64. The molecule has 0 unspecified atom stereocenters. The van der Waals surface area contributed by atoms with Crippen molar-refractivity contribution in [3.05, 3.63) is 0 Å². The molecular weight excluding hydrogens is 236 g/mol. The van der Waals surface area contributed by atoms with Gasteiger partial charge in [0.2, 0.25) is 10.0 Å². The molecule has 102 valence electrons. The summed E-state index contributed by atoms with van der Waals surface area (Å²) in [7, 11) is -3.18. The number of rotatable bonds is 6. The van der Waals surface area contributed by atoms with Gasteiger partial charge in [-0.05, 0) is 46.1 Å². The smallest absolute Gasteiger partial charge is 0.214 e. The molecule has 3 N–H and O–H groups in total. The van der Waals surface area contributed by atoms with Crippen LogP contribution in [0.15, 0.2) is 0 Å². The fraction of sp³-hybridized carbons (Fsp3) is 1.00. The first kappa shape index (κ1) is 14.9. The molecule has 0 aliphatic heterocycles. The molecule has 17 heavy (non-hydrogen) atoms. The van der Waals surface area contributed by atoms with Gasteiger partial charge in [-0.25, -0.2) is 13.1 Å². The monoisotopic (exact) mass is 262 g/mol. The zero-order valence-electron chi connectivity index (χ0n) is 11.0. The van der Waals surface area contributed by atoms with Gasteiger partial charge in [0.1, 0.15) is 0 Å². The predicted octanol–water partition coefficient (Wildman–Crippen LogP) is 1.76. The van der Waals surface area contributed by atoms with E-state index in [4.69, 9.17) is 5.73 Å². The highest BCUT2D eigenvalue weighted by atomic mass is 32.2. The third kappa shape index (κ3) is 4.23. The molecule has 0 bridgehead atoms. The summed E-state index contributed by atoms with van der Waals surface area (Å²) >= 11 is 0. The van der Waals surface area contributed by atoms with Crippen LogP contribution in [0, 0.1) is 0 Å². The normalized spacial score (nSPS) is 20.7. The van der Waals surface area contributed by atoms with Crippen molar-refractivity contribution in [2.24, 2.45) is 5.73 Å². The Morgan fingerprint density at radius 1 is 1.24 bits per heavy atom. The average molecular weight is 262 g/mol. The first-order chi connectivity index (χ1) is 7.92. The fourth-order valence-electron chi connectivity index (χ4n) is 2.49. The Morgan fingerprint density at radius 2 is 1.82 bits per heavy atom. The van der Waals surface area contributed by atoms with Gasteiger partial charge in [-0.1, -0.05) is 19.3 Å². The van der Waals surface area contributed by atoms with E-state index in [-0.39, 0.29) is 10.8 Å². The lowest BCUT2D eigenvalue weighted by atomic mass is 9.79. The van der Waals surface area contributed by atoms with Crippen LogP contribution in [0.4, 0.5) is 0 Å². The summed E-state index contributed by atoms with van der Waals surface area (Å²) in [5.41, 5.74) is 5.33. The van der Waals surface area contributed by atoms with Crippen LogP contribution in [-0.2, 0) is 10.0 Å². The van der Waals surface area contributed by atoms with E-state index in [1.165, 1.54) is 6.42 Å². The molecule has 1 rings (SSSR count). The first-order valence-electron chi connectivity index (χ1n) is 6.65. The summed E-state index contributed by atoms with van der Waals surface area (Å²) in [4.78, 5) is 0. The second-order valence-electron chi connectivity index (χ2n) is 5.43. The Balaban J connectivity index is 2.76. The van der Waals surface area contributed by atoms with Crippen molar-refractivity contribution >= 4 is 10.0 Å². The van der Waals surface area contributed by atoms with Crippen LogP contribution >= 0.6 is 0 Å².